The lowest BCUT2D eigenvalue weighted by Gasteiger charge is -2.21. The van der Waals surface area contributed by atoms with Gasteiger partial charge in [-0.05, 0) is 38.3 Å². The largest absolute Gasteiger partial charge is 0.380 e. The highest BCUT2D eigenvalue weighted by molar-refractivity contribution is 5.54. The molecule has 3 unspecified atom stereocenters. The molecule has 2 bridgehead atoms. The van der Waals surface area contributed by atoms with Gasteiger partial charge >= 0.3 is 0 Å². The number of fused-ring (bicyclic) bond motifs is 2. The van der Waals surface area contributed by atoms with Gasteiger partial charge in [0.25, 0.3) is 5.69 Å². The maximum atomic E-state index is 10.7. The van der Waals surface area contributed by atoms with Crippen molar-refractivity contribution in [1.29, 1.82) is 0 Å². The zero-order chi connectivity index (χ0) is 12.7. The van der Waals surface area contributed by atoms with Crippen LogP contribution >= 0.6 is 0 Å². The van der Waals surface area contributed by atoms with Crippen molar-refractivity contribution in [2.75, 3.05) is 5.32 Å². The summed E-state index contributed by atoms with van der Waals surface area (Å²) in [4.78, 5) is 10.4. The standard InChI is InChI=1S/C13H16N2O3/c1-8-6-9(2-4-12(8)15(16)17)14-11-7-10-3-5-13(11)18-10/h2,4,6,10-11,13-14H,3,5,7H2,1H3. The summed E-state index contributed by atoms with van der Waals surface area (Å²) in [5, 5.41) is 14.2. The van der Waals surface area contributed by atoms with Gasteiger partial charge in [-0.1, -0.05) is 0 Å². The number of nitro groups is 1. The average molecular weight is 248 g/mol. The topological polar surface area (TPSA) is 64.4 Å². The zero-order valence-corrected chi connectivity index (χ0v) is 10.3. The third-order valence-corrected chi connectivity index (χ3v) is 3.85. The molecular weight excluding hydrogens is 232 g/mol. The van der Waals surface area contributed by atoms with Crippen LogP contribution in [0, 0.1) is 17.0 Å². The van der Waals surface area contributed by atoms with Crippen LogP contribution in [-0.4, -0.2) is 23.2 Å². The third-order valence-electron chi connectivity index (χ3n) is 3.85. The van der Waals surface area contributed by atoms with Gasteiger partial charge in [0.15, 0.2) is 0 Å². The molecule has 0 saturated carbocycles. The first-order valence-corrected chi connectivity index (χ1v) is 6.30. The molecule has 2 fully saturated rings. The van der Waals surface area contributed by atoms with Gasteiger partial charge in [-0.2, -0.15) is 0 Å². The average Bonchev–Trinajstić information content (AvgIpc) is 2.90. The molecule has 2 heterocycles. The van der Waals surface area contributed by atoms with Crippen molar-refractivity contribution in [2.45, 2.75) is 44.4 Å². The van der Waals surface area contributed by atoms with E-state index in [1.165, 1.54) is 6.42 Å². The van der Waals surface area contributed by atoms with Crippen molar-refractivity contribution in [3.05, 3.63) is 33.9 Å². The molecule has 5 heteroatoms. The first-order chi connectivity index (χ1) is 8.63. The predicted octanol–water partition coefficient (Wildman–Crippen LogP) is 2.64. The van der Waals surface area contributed by atoms with Crippen molar-refractivity contribution in [1.82, 2.24) is 0 Å². The first kappa shape index (κ1) is 11.5. The predicted molar refractivity (Wildman–Crippen MR) is 67.8 cm³/mol. The Kier molecular flexibility index (Phi) is 2.70. The number of anilines is 1. The van der Waals surface area contributed by atoms with Crippen molar-refractivity contribution in [3.63, 3.8) is 0 Å². The number of hydrogen-bond donors (Lipinski definition) is 1. The van der Waals surface area contributed by atoms with Gasteiger partial charge in [-0.25, -0.2) is 0 Å². The van der Waals surface area contributed by atoms with E-state index in [0.29, 0.717) is 23.8 Å². The minimum atomic E-state index is -0.347. The van der Waals surface area contributed by atoms with Gasteiger partial charge in [0.1, 0.15) is 0 Å². The van der Waals surface area contributed by atoms with Crippen molar-refractivity contribution in [2.24, 2.45) is 0 Å². The molecule has 96 valence electrons. The lowest BCUT2D eigenvalue weighted by atomic mass is 9.95. The SMILES string of the molecule is Cc1cc(NC2CC3CCC2O3)ccc1[N+](=O)[O-]. The number of aryl methyl sites for hydroxylation is 1. The van der Waals surface area contributed by atoms with E-state index < -0.39 is 0 Å². The second-order valence-corrected chi connectivity index (χ2v) is 5.12. The lowest BCUT2D eigenvalue weighted by molar-refractivity contribution is -0.385. The van der Waals surface area contributed by atoms with Gasteiger partial charge in [-0.15, -0.1) is 0 Å². The summed E-state index contributed by atoms with van der Waals surface area (Å²) in [7, 11) is 0. The highest BCUT2D eigenvalue weighted by atomic mass is 16.6. The van der Waals surface area contributed by atoms with Crippen LogP contribution in [-0.2, 0) is 4.74 Å². The number of nitrogens with zero attached hydrogens (tertiary/aromatic N) is 1. The highest BCUT2D eigenvalue weighted by Crippen LogP contribution is 2.36. The van der Waals surface area contributed by atoms with E-state index in [4.69, 9.17) is 4.74 Å². The first-order valence-electron chi connectivity index (χ1n) is 6.30. The fraction of sp³-hybridized carbons (Fsp3) is 0.538. The normalized spacial score (nSPS) is 29.5. The Morgan fingerprint density at radius 3 is 2.83 bits per heavy atom. The van der Waals surface area contributed by atoms with Gasteiger partial charge < -0.3 is 10.1 Å². The molecule has 3 rings (SSSR count). The Balaban J connectivity index is 1.74. The monoisotopic (exact) mass is 248 g/mol. The summed E-state index contributed by atoms with van der Waals surface area (Å²) in [6.07, 6.45) is 4.05. The second kappa shape index (κ2) is 4.24. The number of nitro benzene ring substituents is 1. The van der Waals surface area contributed by atoms with E-state index in [1.54, 1.807) is 19.1 Å². The second-order valence-electron chi connectivity index (χ2n) is 5.12. The molecule has 0 radical (unpaired) electrons. The van der Waals surface area contributed by atoms with Crippen LogP contribution in [0.25, 0.3) is 0 Å². The van der Waals surface area contributed by atoms with Crippen molar-refractivity contribution < 1.29 is 9.66 Å². The molecule has 18 heavy (non-hydrogen) atoms. The molecule has 0 aliphatic carbocycles. The van der Waals surface area contributed by atoms with Gasteiger partial charge in [0.2, 0.25) is 0 Å². The smallest absolute Gasteiger partial charge is 0.272 e. The van der Waals surface area contributed by atoms with Crippen LogP contribution < -0.4 is 5.32 Å². The Hall–Kier alpha value is -1.62. The fourth-order valence-corrected chi connectivity index (χ4v) is 2.95. The Morgan fingerprint density at radius 1 is 1.44 bits per heavy atom. The maximum absolute atomic E-state index is 10.7. The summed E-state index contributed by atoms with van der Waals surface area (Å²) in [6, 6.07) is 5.53. The molecule has 2 aliphatic heterocycles. The fourth-order valence-electron chi connectivity index (χ4n) is 2.95. The molecule has 5 nitrogen and oxygen atoms in total. The van der Waals surface area contributed by atoms with Crippen molar-refractivity contribution >= 4 is 11.4 Å². The number of rotatable bonds is 3. The van der Waals surface area contributed by atoms with Crippen LogP contribution in [0.2, 0.25) is 0 Å². The summed E-state index contributed by atoms with van der Waals surface area (Å²) >= 11 is 0. The molecular formula is C13H16N2O3. The van der Waals surface area contributed by atoms with E-state index in [0.717, 1.165) is 18.5 Å². The van der Waals surface area contributed by atoms with E-state index >= 15 is 0 Å². The molecule has 2 saturated heterocycles. The minimum absolute atomic E-state index is 0.171. The summed E-state index contributed by atoms with van der Waals surface area (Å²) in [6.45, 7) is 1.76. The molecule has 0 aromatic heterocycles. The zero-order valence-electron chi connectivity index (χ0n) is 10.3. The maximum Gasteiger partial charge on any atom is 0.272 e. The number of ether oxygens (including phenoxy) is 1. The number of benzene rings is 1. The summed E-state index contributed by atoms with van der Waals surface area (Å²) in [5.41, 5.74) is 1.80. The van der Waals surface area contributed by atoms with Crippen molar-refractivity contribution in [3.8, 4) is 0 Å². The van der Waals surface area contributed by atoms with Crippen LogP contribution in [0.5, 0.6) is 0 Å². The molecule has 1 aromatic rings. The van der Waals surface area contributed by atoms with E-state index in [9.17, 15) is 10.1 Å². The van der Waals surface area contributed by atoms with Crippen LogP contribution in [0.1, 0.15) is 24.8 Å². The molecule has 1 aromatic carbocycles. The molecule has 3 atom stereocenters. The lowest BCUT2D eigenvalue weighted by Crippen LogP contribution is -2.30. The van der Waals surface area contributed by atoms with Crippen LogP contribution in [0.4, 0.5) is 11.4 Å². The quantitative estimate of drug-likeness (QED) is 0.659. The Labute approximate surface area is 105 Å². The van der Waals surface area contributed by atoms with Crippen LogP contribution in [0.3, 0.4) is 0 Å². The van der Waals surface area contributed by atoms with E-state index in [2.05, 4.69) is 5.32 Å². The molecule has 2 aliphatic rings. The third kappa shape index (κ3) is 1.95. The molecule has 1 N–H and O–H groups in total. The molecule has 0 spiro atoms. The van der Waals surface area contributed by atoms with E-state index in [-0.39, 0.29) is 10.6 Å². The summed E-state index contributed by atoms with van der Waals surface area (Å²) in [5.74, 6) is 0. The summed E-state index contributed by atoms with van der Waals surface area (Å²) < 4.78 is 5.78. The Bertz CT molecular complexity index is 489. The minimum Gasteiger partial charge on any atom is -0.380 e. The van der Waals surface area contributed by atoms with Gasteiger partial charge in [0, 0.05) is 17.3 Å². The molecule has 0 amide bonds. The number of hydrogen-bond acceptors (Lipinski definition) is 4. The van der Waals surface area contributed by atoms with E-state index in [1.807, 2.05) is 6.07 Å². The Morgan fingerprint density at radius 2 is 2.28 bits per heavy atom. The number of nitrogens with one attached hydrogen (secondary N) is 1. The van der Waals surface area contributed by atoms with Gasteiger partial charge in [0.05, 0.1) is 23.2 Å². The highest BCUT2D eigenvalue weighted by Gasteiger charge is 2.40. The van der Waals surface area contributed by atoms with Gasteiger partial charge in [-0.3, -0.25) is 10.1 Å². The van der Waals surface area contributed by atoms with Crippen LogP contribution in [0.15, 0.2) is 18.2 Å².